The largest absolute Gasteiger partial charge is 0.381 e. The van der Waals surface area contributed by atoms with Crippen LogP contribution in [0.5, 0.6) is 0 Å². The molecule has 0 bridgehead atoms. The quantitative estimate of drug-likeness (QED) is 0.268. The molecule has 1 N–H and O–H groups in total. The molecular formula is C31H32N2. The maximum Gasteiger partial charge on any atom is 0.0732 e. The van der Waals surface area contributed by atoms with Crippen LogP contribution in [0.1, 0.15) is 30.5 Å². The van der Waals surface area contributed by atoms with Gasteiger partial charge in [0.05, 0.1) is 5.69 Å². The highest BCUT2D eigenvalue weighted by Crippen LogP contribution is 2.35. The summed E-state index contributed by atoms with van der Waals surface area (Å²) < 4.78 is 0. The van der Waals surface area contributed by atoms with E-state index in [1.807, 2.05) is 18.2 Å². The zero-order chi connectivity index (χ0) is 23.6. The van der Waals surface area contributed by atoms with Crippen molar-refractivity contribution in [1.29, 1.82) is 0 Å². The molecule has 0 spiro atoms. The Morgan fingerprint density at radius 2 is 1.64 bits per heavy atom. The van der Waals surface area contributed by atoms with Crippen LogP contribution in [0.2, 0.25) is 0 Å². The van der Waals surface area contributed by atoms with E-state index in [0.717, 1.165) is 39.3 Å². The number of allylic oxidation sites excluding steroid dienone is 4. The summed E-state index contributed by atoms with van der Waals surface area (Å²) in [5, 5.41) is 3.51. The van der Waals surface area contributed by atoms with Crippen LogP contribution in [0, 0.1) is 6.92 Å². The van der Waals surface area contributed by atoms with Crippen molar-refractivity contribution in [3.63, 3.8) is 0 Å². The third-order valence-corrected chi connectivity index (χ3v) is 5.46. The average molecular weight is 433 g/mol. The van der Waals surface area contributed by atoms with Gasteiger partial charge in [-0.25, -0.2) is 0 Å². The summed E-state index contributed by atoms with van der Waals surface area (Å²) in [4.78, 5) is 5.06. The number of rotatable bonds is 9. The Balaban J connectivity index is 2.04. The first-order chi connectivity index (χ1) is 16.0. The van der Waals surface area contributed by atoms with Gasteiger partial charge >= 0.3 is 0 Å². The molecule has 0 aliphatic heterocycles. The second kappa shape index (κ2) is 11.6. The van der Waals surface area contributed by atoms with Gasteiger partial charge in [0.25, 0.3) is 0 Å². The summed E-state index contributed by atoms with van der Waals surface area (Å²) in [7, 11) is 0. The van der Waals surface area contributed by atoms with E-state index in [0.29, 0.717) is 6.54 Å². The molecule has 2 heteroatoms. The molecule has 0 aromatic heterocycles. The van der Waals surface area contributed by atoms with Gasteiger partial charge in [0.15, 0.2) is 0 Å². The van der Waals surface area contributed by atoms with Crippen molar-refractivity contribution in [2.45, 2.75) is 20.8 Å². The highest BCUT2D eigenvalue weighted by atomic mass is 14.9. The zero-order valence-corrected chi connectivity index (χ0v) is 19.8. The van der Waals surface area contributed by atoms with Gasteiger partial charge in [0, 0.05) is 23.5 Å². The third kappa shape index (κ3) is 6.30. The Labute approximate surface area is 198 Å². The van der Waals surface area contributed by atoms with Crippen LogP contribution in [-0.4, -0.2) is 12.3 Å². The van der Waals surface area contributed by atoms with Crippen LogP contribution in [0.15, 0.2) is 121 Å². The van der Waals surface area contributed by atoms with E-state index >= 15 is 0 Å². The van der Waals surface area contributed by atoms with E-state index in [1.165, 1.54) is 11.1 Å². The van der Waals surface area contributed by atoms with Crippen LogP contribution in [-0.2, 0) is 0 Å². The molecule has 0 unspecified atom stereocenters. The first-order valence-corrected chi connectivity index (χ1v) is 11.2. The Kier molecular flexibility index (Phi) is 8.37. The first kappa shape index (κ1) is 23.7. The number of hydrogen-bond donors (Lipinski definition) is 1. The molecule has 0 aliphatic carbocycles. The van der Waals surface area contributed by atoms with Crippen LogP contribution < -0.4 is 5.32 Å². The summed E-state index contributed by atoms with van der Waals surface area (Å²) in [6, 6.07) is 25.0. The fourth-order valence-electron chi connectivity index (χ4n) is 3.72. The van der Waals surface area contributed by atoms with Gasteiger partial charge in [-0.05, 0) is 49.1 Å². The van der Waals surface area contributed by atoms with E-state index < -0.39 is 0 Å². The topological polar surface area (TPSA) is 24.4 Å². The highest BCUT2D eigenvalue weighted by Gasteiger charge is 2.14. The monoisotopic (exact) mass is 432 g/mol. The van der Waals surface area contributed by atoms with E-state index in [1.54, 1.807) is 6.08 Å². The van der Waals surface area contributed by atoms with Crippen molar-refractivity contribution >= 4 is 17.1 Å². The van der Waals surface area contributed by atoms with Gasteiger partial charge in [-0.1, -0.05) is 110 Å². The molecule has 3 aromatic carbocycles. The molecule has 33 heavy (non-hydrogen) atoms. The Morgan fingerprint density at radius 3 is 2.36 bits per heavy atom. The average Bonchev–Trinajstić information content (AvgIpc) is 2.83. The van der Waals surface area contributed by atoms with Crippen molar-refractivity contribution in [2.24, 2.45) is 4.99 Å². The lowest BCUT2D eigenvalue weighted by Gasteiger charge is -2.18. The summed E-state index contributed by atoms with van der Waals surface area (Å²) >= 11 is 0. The lowest BCUT2D eigenvalue weighted by molar-refractivity contribution is 0.958. The summed E-state index contributed by atoms with van der Waals surface area (Å²) in [5.74, 6) is 0. The van der Waals surface area contributed by atoms with Gasteiger partial charge in [0.1, 0.15) is 0 Å². The summed E-state index contributed by atoms with van der Waals surface area (Å²) in [5.41, 5.74) is 9.58. The van der Waals surface area contributed by atoms with E-state index in [-0.39, 0.29) is 0 Å². The standard InChI is InChI=1S/C31H32N2/c1-6-7-9-15-23(2)22-32-26(5)31-29(27-17-10-8-11-18-27)20-14-21-30(31)33-25(4)28-19-13-12-16-24(28)3/h6-21,32H,1,5,22H2,2-4H3/b9-7-,23-15+,33-25?. The normalized spacial score (nSPS) is 12.1. The fraction of sp³-hybridized carbons (Fsp3) is 0.129. The van der Waals surface area contributed by atoms with Gasteiger partial charge < -0.3 is 5.32 Å². The minimum atomic E-state index is 0.698. The van der Waals surface area contributed by atoms with Crippen molar-refractivity contribution in [2.75, 3.05) is 6.54 Å². The van der Waals surface area contributed by atoms with Crippen molar-refractivity contribution < 1.29 is 0 Å². The van der Waals surface area contributed by atoms with E-state index in [9.17, 15) is 0 Å². The minimum Gasteiger partial charge on any atom is -0.381 e. The molecule has 0 saturated carbocycles. The minimum absolute atomic E-state index is 0.698. The number of aryl methyl sites for hydroxylation is 1. The van der Waals surface area contributed by atoms with Crippen molar-refractivity contribution in [1.82, 2.24) is 5.32 Å². The molecule has 0 atom stereocenters. The predicted octanol–water partition coefficient (Wildman–Crippen LogP) is 8.05. The molecule has 0 amide bonds. The third-order valence-electron chi connectivity index (χ3n) is 5.46. The van der Waals surface area contributed by atoms with Crippen LogP contribution >= 0.6 is 0 Å². The van der Waals surface area contributed by atoms with Crippen molar-refractivity contribution in [3.8, 4) is 11.1 Å². The molecule has 0 heterocycles. The van der Waals surface area contributed by atoms with E-state index in [4.69, 9.17) is 4.99 Å². The summed E-state index contributed by atoms with van der Waals surface area (Å²) in [6.07, 6.45) is 7.76. The highest BCUT2D eigenvalue weighted by molar-refractivity contribution is 6.02. The summed E-state index contributed by atoms with van der Waals surface area (Å²) in [6.45, 7) is 15.1. The van der Waals surface area contributed by atoms with Crippen molar-refractivity contribution in [3.05, 3.63) is 133 Å². The van der Waals surface area contributed by atoms with E-state index in [2.05, 4.69) is 112 Å². The number of nitrogens with zero attached hydrogens (tertiary/aromatic N) is 1. The van der Waals surface area contributed by atoms with Crippen LogP contribution in [0.25, 0.3) is 16.8 Å². The lowest BCUT2D eigenvalue weighted by Crippen LogP contribution is -2.14. The van der Waals surface area contributed by atoms with Crippen LogP contribution in [0.3, 0.4) is 0 Å². The number of aliphatic imine (C=N–C) groups is 1. The number of hydrogen-bond acceptors (Lipinski definition) is 2. The SMILES string of the molecule is C=C/C=C\C=C(/C)CNC(=C)c1c(N=C(C)c2ccccc2C)cccc1-c1ccccc1. The van der Waals surface area contributed by atoms with Gasteiger partial charge in [-0.15, -0.1) is 0 Å². The Hall–Kier alpha value is -3.91. The van der Waals surface area contributed by atoms with Gasteiger partial charge in [0.2, 0.25) is 0 Å². The molecule has 0 fully saturated rings. The smallest absolute Gasteiger partial charge is 0.0732 e. The predicted molar refractivity (Wildman–Crippen MR) is 145 cm³/mol. The second-order valence-corrected chi connectivity index (χ2v) is 8.04. The van der Waals surface area contributed by atoms with Gasteiger partial charge in [-0.2, -0.15) is 0 Å². The molecule has 2 nitrogen and oxygen atoms in total. The first-order valence-electron chi connectivity index (χ1n) is 11.2. The molecular weight excluding hydrogens is 400 g/mol. The molecule has 3 aromatic rings. The van der Waals surface area contributed by atoms with Crippen LogP contribution in [0.4, 0.5) is 5.69 Å². The Morgan fingerprint density at radius 1 is 0.909 bits per heavy atom. The maximum atomic E-state index is 5.06. The second-order valence-electron chi connectivity index (χ2n) is 8.04. The molecule has 0 aliphatic rings. The Bertz CT molecular complexity index is 1210. The number of nitrogens with one attached hydrogen (secondary N) is 1. The number of benzene rings is 3. The fourth-order valence-corrected chi connectivity index (χ4v) is 3.72. The molecule has 0 saturated heterocycles. The zero-order valence-electron chi connectivity index (χ0n) is 19.8. The molecule has 3 rings (SSSR count). The lowest BCUT2D eigenvalue weighted by atomic mass is 9.96. The molecule has 0 radical (unpaired) electrons. The maximum absolute atomic E-state index is 5.06. The molecule has 166 valence electrons. The van der Waals surface area contributed by atoms with Gasteiger partial charge in [-0.3, -0.25) is 4.99 Å².